The molecular weight excluding hydrogens is 326 g/mol. The smallest absolute Gasteiger partial charge is 0.191 e. The molecule has 2 rings (SSSR count). The molecule has 24 heavy (non-hydrogen) atoms. The summed E-state index contributed by atoms with van der Waals surface area (Å²) < 4.78 is 28.3. The number of hydrogen-bond donors (Lipinski definition) is 2. The first kappa shape index (κ1) is 18.6. The number of nitrogens with one attached hydrogen (secondary N) is 2. The third kappa shape index (κ3) is 6.78. The van der Waals surface area contributed by atoms with E-state index in [-0.39, 0.29) is 5.75 Å². The fourth-order valence-electron chi connectivity index (χ4n) is 2.19. The lowest BCUT2D eigenvalue weighted by atomic mass is 10.1. The molecule has 1 aromatic rings. The van der Waals surface area contributed by atoms with Gasteiger partial charge in [0.25, 0.3) is 0 Å². The van der Waals surface area contributed by atoms with Crippen molar-refractivity contribution < 1.29 is 13.2 Å². The van der Waals surface area contributed by atoms with Gasteiger partial charge < -0.3 is 15.4 Å². The summed E-state index contributed by atoms with van der Waals surface area (Å²) in [7, 11) is -1.32. The van der Waals surface area contributed by atoms with Crippen molar-refractivity contribution in [3.05, 3.63) is 29.3 Å². The molecule has 0 heterocycles. The highest BCUT2D eigenvalue weighted by molar-refractivity contribution is 7.90. The van der Waals surface area contributed by atoms with Crippen molar-refractivity contribution >= 4 is 15.8 Å². The Balaban J connectivity index is 1.89. The van der Waals surface area contributed by atoms with Crippen LogP contribution < -0.4 is 15.4 Å². The number of aryl methyl sites for hydroxylation is 1. The molecule has 0 aromatic heterocycles. The summed E-state index contributed by atoms with van der Waals surface area (Å²) in [6.45, 7) is 3.72. The largest absolute Gasteiger partial charge is 0.493 e. The van der Waals surface area contributed by atoms with E-state index in [1.165, 1.54) is 24.7 Å². The minimum atomic E-state index is -2.98. The second kappa shape index (κ2) is 8.37. The van der Waals surface area contributed by atoms with Gasteiger partial charge in [-0.1, -0.05) is 12.1 Å². The van der Waals surface area contributed by atoms with Crippen molar-refractivity contribution in [2.75, 3.05) is 32.2 Å². The second-order valence-electron chi connectivity index (χ2n) is 6.35. The van der Waals surface area contributed by atoms with Crippen LogP contribution in [0.5, 0.6) is 5.75 Å². The summed E-state index contributed by atoms with van der Waals surface area (Å²) in [6.07, 6.45) is 3.74. The third-order valence-corrected chi connectivity index (χ3v) is 4.78. The van der Waals surface area contributed by atoms with Crippen LogP contribution in [-0.2, 0) is 16.4 Å². The van der Waals surface area contributed by atoms with Crippen LogP contribution in [0.3, 0.4) is 0 Å². The Labute approximate surface area is 144 Å². The van der Waals surface area contributed by atoms with Crippen molar-refractivity contribution in [3.63, 3.8) is 0 Å². The zero-order chi connectivity index (χ0) is 17.6. The Kier molecular flexibility index (Phi) is 6.48. The average Bonchev–Trinajstić information content (AvgIpc) is 3.33. The van der Waals surface area contributed by atoms with Gasteiger partial charge in [-0.3, -0.25) is 4.99 Å². The fraction of sp³-hybridized carbons (Fsp3) is 0.588. The van der Waals surface area contributed by atoms with Crippen LogP contribution in [0.15, 0.2) is 23.2 Å². The molecule has 134 valence electrons. The Morgan fingerprint density at radius 1 is 1.33 bits per heavy atom. The topological polar surface area (TPSA) is 79.8 Å². The molecule has 0 radical (unpaired) electrons. The highest BCUT2D eigenvalue weighted by atomic mass is 32.2. The molecule has 0 spiro atoms. The van der Waals surface area contributed by atoms with Crippen LogP contribution >= 0.6 is 0 Å². The third-order valence-electron chi connectivity index (χ3n) is 3.83. The predicted octanol–water partition coefficient (Wildman–Crippen LogP) is 1.49. The highest BCUT2D eigenvalue weighted by Gasteiger charge is 2.22. The standard InChI is InChI=1S/C17H27N3O3S/c1-13-4-7-15(16(10-13)23-12-14-5-6-14)11-20-17(18-2)19-8-9-24(3,21)22/h4,7,10,14H,5-6,8-9,11-12H2,1-3H3,(H2,18,19,20). The Morgan fingerprint density at radius 3 is 2.71 bits per heavy atom. The average molecular weight is 353 g/mol. The van der Waals surface area contributed by atoms with Crippen LogP contribution in [-0.4, -0.2) is 46.6 Å². The van der Waals surface area contributed by atoms with Gasteiger partial charge in [0.2, 0.25) is 0 Å². The van der Waals surface area contributed by atoms with Gasteiger partial charge in [-0.2, -0.15) is 0 Å². The maximum absolute atomic E-state index is 11.2. The molecule has 7 heteroatoms. The Hall–Kier alpha value is -1.76. The van der Waals surface area contributed by atoms with E-state index < -0.39 is 9.84 Å². The molecule has 2 N–H and O–H groups in total. The summed E-state index contributed by atoms with van der Waals surface area (Å²) in [5.74, 6) is 2.26. The van der Waals surface area contributed by atoms with Gasteiger partial charge in [0, 0.05) is 32.0 Å². The minimum absolute atomic E-state index is 0.0774. The summed E-state index contributed by atoms with van der Waals surface area (Å²) in [5, 5.41) is 6.21. The molecule has 0 bridgehead atoms. The lowest BCUT2D eigenvalue weighted by molar-refractivity contribution is 0.296. The molecular formula is C17H27N3O3S. The molecule has 6 nitrogen and oxygen atoms in total. The normalized spacial score (nSPS) is 15.2. The van der Waals surface area contributed by atoms with E-state index in [1.807, 2.05) is 13.0 Å². The lowest BCUT2D eigenvalue weighted by Gasteiger charge is -2.15. The number of sulfone groups is 1. The zero-order valence-electron chi connectivity index (χ0n) is 14.6. The van der Waals surface area contributed by atoms with Crippen molar-refractivity contribution in [2.45, 2.75) is 26.3 Å². The molecule has 0 amide bonds. The van der Waals surface area contributed by atoms with Gasteiger partial charge in [-0.25, -0.2) is 8.42 Å². The minimum Gasteiger partial charge on any atom is -0.493 e. The molecule has 1 aliphatic carbocycles. The number of nitrogens with zero attached hydrogens (tertiary/aromatic N) is 1. The van der Waals surface area contributed by atoms with Crippen molar-refractivity contribution in [1.29, 1.82) is 0 Å². The van der Waals surface area contributed by atoms with Gasteiger partial charge >= 0.3 is 0 Å². The first-order valence-corrected chi connectivity index (χ1v) is 10.3. The number of guanidine groups is 1. The quantitative estimate of drug-likeness (QED) is 0.547. The van der Waals surface area contributed by atoms with Crippen molar-refractivity contribution in [1.82, 2.24) is 10.6 Å². The maximum atomic E-state index is 11.2. The van der Waals surface area contributed by atoms with E-state index in [0.717, 1.165) is 17.9 Å². The van der Waals surface area contributed by atoms with E-state index in [1.54, 1.807) is 7.05 Å². The number of ether oxygens (including phenoxy) is 1. The SMILES string of the molecule is CN=C(NCCS(C)(=O)=O)NCc1ccc(C)cc1OCC1CC1. The summed E-state index contributed by atoms with van der Waals surface area (Å²) in [4.78, 5) is 4.11. The van der Waals surface area contributed by atoms with Gasteiger partial charge in [0.05, 0.1) is 12.4 Å². The van der Waals surface area contributed by atoms with Gasteiger partial charge in [-0.05, 0) is 37.3 Å². The zero-order valence-corrected chi connectivity index (χ0v) is 15.4. The van der Waals surface area contributed by atoms with Gasteiger partial charge in [0.15, 0.2) is 5.96 Å². The number of aliphatic imine (C=N–C) groups is 1. The molecule has 1 fully saturated rings. The fourth-order valence-corrected chi connectivity index (χ4v) is 2.66. The number of rotatable bonds is 8. The van der Waals surface area contributed by atoms with Crippen molar-refractivity contribution in [2.24, 2.45) is 10.9 Å². The Morgan fingerprint density at radius 2 is 2.08 bits per heavy atom. The molecule has 0 unspecified atom stereocenters. The van der Waals surface area contributed by atoms with E-state index >= 15 is 0 Å². The van der Waals surface area contributed by atoms with Gasteiger partial charge in [0.1, 0.15) is 15.6 Å². The lowest BCUT2D eigenvalue weighted by Crippen LogP contribution is -2.39. The number of benzene rings is 1. The van der Waals surface area contributed by atoms with E-state index in [4.69, 9.17) is 4.74 Å². The van der Waals surface area contributed by atoms with Crippen LogP contribution in [0.2, 0.25) is 0 Å². The van der Waals surface area contributed by atoms with Crippen LogP contribution in [0.25, 0.3) is 0 Å². The van der Waals surface area contributed by atoms with Gasteiger partial charge in [-0.15, -0.1) is 0 Å². The molecule has 0 atom stereocenters. The van der Waals surface area contributed by atoms with Crippen LogP contribution in [0.4, 0.5) is 0 Å². The summed E-state index contributed by atoms with van der Waals surface area (Å²) in [5.41, 5.74) is 2.23. The van der Waals surface area contributed by atoms with Crippen LogP contribution in [0.1, 0.15) is 24.0 Å². The number of hydrogen-bond acceptors (Lipinski definition) is 4. The monoisotopic (exact) mass is 353 g/mol. The Bertz CT molecular complexity index is 682. The molecule has 1 aromatic carbocycles. The van der Waals surface area contributed by atoms with E-state index in [9.17, 15) is 8.42 Å². The maximum Gasteiger partial charge on any atom is 0.191 e. The first-order valence-electron chi connectivity index (χ1n) is 8.22. The second-order valence-corrected chi connectivity index (χ2v) is 8.61. The van der Waals surface area contributed by atoms with Crippen LogP contribution in [0, 0.1) is 12.8 Å². The summed E-state index contributed by atoms with van der Waals surface area (Å²) >= 11 is 0. The molecule has 0 saturated heterocycles. The molecule has 0 aliphatic heterocycles. The summed E-state index contributed by atoms with van der Waals surface area (Å²) in [6, 6.07) is 6.16. The first-order chi connectivity index (χ1) is 11.4. The molecule has 1 aliphatic rings. The molecule has 1 saturated carbocycles. The highest BCUT2D eigenvalue weighted by Crippen LogP contribution is 2.30. The predicted molar refractivity (Wildman–Crippen MR) is 97.3 cm³/mol. The van der Waals surface area contributed by atoms with E-state index in [2.05, 4.69) is 27.8 Å². The van der Waals surface area contributed by atoms with Crippen molar-refractivity contribution in [3.8, 4) is 5.75 Å². The van der Waals surface area contributed by atoms with E-state index in [0.29, 0.717) is 25.0 Å².